The highest BCUT2D eigenvalue weighted by molar-refractivity contribution is 5.97. The van der Waals surface area contributed by atoms with Crippen molar-refractivity contribution < 1.29 is 32.3 Å². The Morgan fingerprint density at radius 2 is 1.61 bits per heavy atom. The number of hydrogen-bond donors (Lipinski definition) is 2. The van der Waals surface area contributed by atoms with E-state index >= 15 is 0 Å². The third kappa shape index (κ3) is 5.83. The van der Waals surface area contributed by atoms with Gasteiger partial charge in [0.1, 0.15) is 0 Å². The number of rotatable bonds is 5. The van der Waals surface area contributed by atoms with E-state index < -0.39 is 30.6 Å². The van der Waals surface area contributed by atoms with Crippen LogP contribution in [0.15, 0.2) is 42.5 Å². The van der Waals surface area contributed by atoms with Crippen molar-refractivity contribution in [3.8, 4) is 0 Å². The molecule has 0 aromatic heterocycles. The van der Waals surface area contributed by atoms with E-state index in [2.05, 4.69) is 5.32 Å². The number of ether oxygens (including phenoxy) is 1. The zero-order chi connectivity index (χ0) is 20.9. The van der Waals surface area contributed by atoms with Gasteiger partial charge in [0, 0.05) is 11.4 Å². The molecule has 0 unspecified atom stereocenters. The lowest BCUT2D eigenvalue weighted by Crippen LogP contribution is -2.29. The first-order valence-corrected chi connectivity index (χ1v) is 8.09. The molecule has 0 saturated carbocycles. The van der Waals surface area contributed by atoms with Crippen LogP contribution in [0.25, 0.3) is 0 Å². The second-order valence-corrected chi connectivity index (χ2v) is 5.97. The number of hydrogen-bond acceptors (Lipinski definition) is 4. The van der Waals surface area contributed by atoms with Crippen molar-refractivity contribution in [1.29, 1.82) is 0 Å². The summed E-state index contributed by atoms with van der Waals surface area (Å²) in [6, 6.07) is 10.0. The molecule has 0 heterocycles. The molecule has 148 valence electrons. The summed E-state index contributed by atoms with van der Waals surface area (Å²) >= 11 is 0. The Labute approximate surface area is 158 Å². The summed E-state index contributed by atoms with van der Waals surface area (Å²) in [5, 5.41) is 4.27. The van der Waals surface area contributed by atoms with Gasteiger partial charge in [0.2, 0.25) is 0 Å². The Kier molecular flexibility index (Phi) is 6.40. The van der Waals surface area contributed by atoms with Gasteiger partial charge in [0.15, 0.2) is 6.61 Å². The number of halogens is 3. The van der Waals surface area contributed by atoms with E-state index in [1.807, 2.05) is 26.0 Å². The maximum absolute atomic E-state index is 12.2. The molecule has 0 atom stereocenters. The van der Waals surface area contributed by atoms with E-state index in [0.717, 1.165) is 23.3 Å². The fourth-order valence-corrected chi connectivity index (χ4v) is 2.25. The normalized spacial score (nSPS) is 10.9. The number of nitrogens with one attached hydrogen (secondary N) is 2. The first-order valence-electron chi connectivity index (χ1n) is 8.09. The van der Waals surface area contributed by atoms with Gasteiger partial charge in [-0.3, -0.25) is 9.59 Å². The van der Waals surface area contributed by atoms with Crippen molar-refractivity contribution in [3.63, 3.8) is 0 Å². The first kappa shape index (κ1) is 20.9. The van der Waals surface area contributed by atoms with E-state index in [-0.39, 0.29) is 11.3 Å². The number of benzene rings is 2. The molecule has 0 aliphatic carbocycles. The molecule has 9 heteroatoms. The maximum atomic E-state index is 12.2. The van der Waals surface area contributed by atoms with Crippen molar-refractivity contribution in [2.45, 2.75) is 20.0 Å². The monoisotopic (exact) mass is 394 g/mol. The van der Waals surface area contributed by atoms with Crippen molar-refractivity contribution >= 4 is 29.2 Å². The van der Waals surface area contributed by atoms with Gasteiger partial charge in [-0.1, -0.05) is 17.7 Å². The summed E-state index contributed by atoms with van der Waals surface area (Å²) in [7, 11) is 0. The molecule has 0 aliphatic rings. The standard InChI is InChI=1S/C19H17F3N2O4/c1-11-3-8-15(12(2)9-11)24-16(25)10-28-17(26)13-4-6-14(7-5-13)23-18(27)19(20,21)22/h3-9H,10H2,1-2H3,(H,23,27)(H,24,25). The first-order chi connectivity index (χ1) is 13.1. The third-order valence-corrected chi connectivity index (χ3v) is 3.63. The van der Waals surface area contributed by atoms with Crippen LogP contribution >= 0.6 is 0 Å². The number of aryl methyl sites for hydroxylation is 2. The lowest BCUT2D eigenvalue weighted by atomic mass is 10.1. The second-order valence-electron chi connectivity index (χ2n) is 5.97. The molecule has 0 saturated heterocycles. The Balaban J connectivity index is 1.88. The number of carbonyl (C=O) groups excluding carboxylic acids is 3. The molecule has 0 fully saturated rings. The number of esters is 1. The molecule has 0 spiro atoms. The molecule has 2 N–H and O–H groups in total. The molecule has 0 bridgehead atoms. The number of alkyl halides is 3. The Morgan fingerprint density at radius 1 is 0.964 bits per heavy atom. The second kappa shape index (κ2) is 8.55. The fourth-order valence-electron chi connectivity index (χ4n) is 2.25. The summed E-state index contributed by atoms with van der Waals surface area (Å²) in [6.07, 6.45) is -5.01. The van der Waals surface area contributed by atoms with Gasteiger partial charge in [0.05, 0.1) is 5.56 Å². The van der Waals surface area contributed by atoms with Crippen molar-refractivity contribution in [2.75, 3.05) is 17.2 Å². The lowest BCUT2D eigenvalue weighted by molar-refractivity contribution is -0.167. The van der Waals surface area contributed by atoms with Crippen molar-refractivity contribution in [3.05, 3.63) is 59.2 Å². The predicted molar refractivity (Wildman–Crippen MR) is 96.0 cm³/mol. The minimum absolute atomic E-state index is 0.0179. The molecule has 0 aliphatic heterocycles. The van der Waals surface area contributed by atoms with Crippen LogP contribution in [0.1, 0.15) is 21.5 Å². The van der Waals surface area contributed by atoms with Crippen LogP contribution in [-0.2, 0) is 14.3 Å². The van der Waals surface area contributed by atoms with Gasteiger partial charge in [-0.25, -0.2) is 4.79 Å². The van der Waals surface area contributed by atoms with Crippen LogP contribution in [0.3, 0.4) is 0 Å². The molecule has 0 radical (unpaired) electrons. The zero-order valence-corrected chi connectivity index (χ0v) is 15.0. The SMILES string of the molecule is Cc1ccc(NC(=O)COC(=O)c2ccc(NC(=O)C(F)(F)F)cc2)c(C)c1. The molecule has 2 rings (SSSR count). The van der Waals surface area contributed by atoms with Gasteiger partial charge in [-0.15, -0.1) is 0 Å². The van der Waals surface area contributed by atoms with E-state index in [1.54, 1.807) is 11.4 Å². The summed E-state index contributed by atoms with van der Waals surface area (Å²) in [5.41, 5.74) is 2.38. The fraction of sp³-hybridized carbons (Fsp3) is 0.211. The number of carbonyl (C=O) groups is 3. The molecular weight excluding hydrogens is 377 g/mol. The van der Waals surface area contributed by atoms with Gasteiger partial charge >= 0.3 is 18.1 Å². The van der Waals surface area contributed by atoms with E-state index in [1.165, 1.54) is 12.1 Å². The molecule has 6 nitrogen and oxygen atoms in total. The van der Waals surface area contributed by atoms with Crippen LogP contribution < -0.4 is 10.6 Å². The molecule has 28 heavy (non-hydrogen) atoms. The Morgan fingerprint density at radius 3 is 2.18 bits per heavy atom. The minimum atomic E-state index is -5.01. The van der Waals surface area contributed by atoms with Crippen LogP contribution in [0.5, 0.6) is 0 Å². The highest BCUT2D eigenvalue weighted by Crippen LogP contribution is 2.19. The van der Waals surface area contributed by atoms with Crippen LogP contribution in [0.4, 0.5) is 24.5 Å². The minimum Gasteiger partial charge on any atom is -0.452 e. The highest BCUT2D eigenvalue weighted by atomic mass is 19.4. The smallest absolute Gasteiger partial charge is 0.452 e. The van der Waals surface area contributed by atoms with Gasteiger partial charge in [-0.05, 0) is 49.7 Å². The van der Waals surface area contributed by atoms with Crippen LogP contribution in [0, 0.1) is 13.8 Å². The van der Waals surface area contributed by atoms with E-state index in [4.69, 9.17) is 4.74 Å². The largest absolute Gasteiger partial charge is 0.471 e. The topological polar surface area (TPSA) is 84.5 Å². The van der Waals surface area contributed by atoms with Gasteiger partial charge < -0.3 is 15.4 Å². The molecule has 2 aromatic carbocycles. The van der Waals surface area contributed by atoms with Crippen LogP contribution in [0.2, 0.25) is 0 Å². The highest BCUT2D eigenvalue weighted by Gasteiger charge is 2.38. The quantitative estimate of drug-likeness (QED) is 0.759. The molecular formula is C19H17F3N2O4. The summed E-state index contributed by atoms with van der Waals surface area (Å²) in [6.45, 7) is 3.21. The van der Waals surface area contributed by atoms with Crippen molar-refractivity contribution in [2.24, 2.45) is 0 Å². The molecule has 2 amide bonds. The van der Waals surface area contributed by atoms with Gasteiger partial charge in [-0.2, -0.15) is 13.2 Å². The lowest BCUT2D eigenvalue weighted by Gasteiger charge is -2.10. The number of anilines is 2. The number of amides is 2. The average molecular weight is 394 g/mol. The summed E-state index contributed by atoms with van der Waals surface area (Å²) < 4.78 is 41.5. The van der Waals surface area contributed by atoms with Crippen molar-refractivity contribution in [1.82, 2.24) is 0 Å². The van der Waals surface area contributed by atoms with E-state index in [0.29, 0.717) is 5.69 Å². The van der Waals surface area contributed by atoms with Gasteiger partial charge in [0.25, 0.3) is 5.91 Å². The average Bonchev–Trinajstić information content (AvgIpc) is 2.62. The zero-order valence-electron chi connectivity index (χ0n) is 15.0. The summed E-state index contributed by atoms with van der Waals surface area (Å²) in [5.74, 6) is -3.48. The Hall–Kier alpha value is -3.36. The van der Waals surface area contributed by atoms with E-state index in [9.17, 15) is 27.6 Å². The third-order valence-electron chi connectivity index (χ3n) is 3.63. The Bertz CT molecular complexity index is 893. The molecule has 2 aromatic rings. The predicted octanol–water partition coefficient (Wildman–Crippen LogP) is 3.60. The maximum Gasteiger partial charge on any atom is 0.471 e. The summed E-state index contributed by atoms with van der Waals surface area (Å²) in [4.78, 5) is 34.7. The van der Waals surface area contributed by atoms with Crippen LogP contribution in [-0.4, -0.2) is 30.6 Å².